The molecular weight excluding hydrogens is 465 g/mol. The number of aromatic nitrogens is 1. The average Bonchev–Trinajstić information content (AvgIpc) is 3.23. The van der Waals surface area contributed by atoms with Gasteiger partial charge in [0.25, 0.3) is 11.6 Å². The van der Waals surface area contributed by atoms with Crippen LogP contribution in [-0.2, 0) is 22.7 Å². The van der Waals surface area contributed by atoms with Gasteiger partial charge in [0.05, 0.1) is 10.6 Å². The topological polar surface area (TPSA) is 121 Å². The van der Waals surface area contributed by atoms with E-state index >= 15 is 0 Å². The number of rotatable bonds is 9. The highest BCUT2D eigenvalue weighted by molar-refractivity contribution is 7.09. The standard InChI is InChI=1S/C20H15ClFN3O6S/c21-16-6-1-12(7-17(16)25(28)29)20(27)23-8-19(26)31-9-14-11-32-18(24-14)10-30-15-4-2-13(22)3-5-15/h1-7,11H,8-10H2,(H,23,27). The third-order valence-corrected chi connectivity index (χ3v) is 5.15. The molecule has 1 N–H and O–H groups in total. The van der Waals surface area contributed by atoms with Crippen LogP contribution in [0.5, 0.6) is 5.75 Å². The van der Waals surface area contributed by atoms with Gasteiger partial charge >= 0.3 is 5.97 Å². The maximum atomic E-state index is 12.9. The summed E-state index contributed by atoms with van der Waals surface area (Å²) < 4.78 is 23.5. The molecule has 0 radical (unpaired) electrons. The van der Waals surface area contributed by atoms with Gasteiger partial charge in [-0.05, 0) is 36.4 Å². The third kappa shape index (κ3) is 6.46. The van der Waals surface area contributed by atoms with Crippen molar-refractivity contribution in [3.63, 3.8) is 0 Å². The molecule has 0 aliphatic carbocycles. The SMILES string of the molecule is O=C(CNC(=O)c1ccc(Cl)c([N+](=O)[O-])c1)OCc1csc(COc2ccc(F)cc2)n1. The second kappa shape index (κ2) is 10.6. The number of esters is 1. The van der Waals surface area contributed by atoms with Gasteiger partial charge in [0.1, 0.15) is 41.4 Å². The predicted molar refractivity (Wildman–Crippen MR) is 113 cm³/mol. The summed E-state index contributed by atoms with van der Waals surface area (Å²) in [6.45, 7) is -0.359. The van der Waals surface area contributed by atoms with Crippen LogP contribution in [0.2, 0.25) is 5.02 Å². The molecule has 1 amide bonds. The van der Waals surface area contributed by atoms with Gasteiger partial charge in [-0.25, -0.2) is 9.37 Å². The van der Waals surface area contributed by atoms with Crippen LogP contribution in [-0.4, -0.2) is 28.3 Å². The zero-order valence-corrected chi connectivity index (χ0v) is 17.8. The van der Waals surface area contributed by atoms with Crippen molar-refractivity contribution in [1.82, 2.24) is 10.3 Å². The van der Waals surface area contributed by atoms with Crippen molar-refractivity contribution in [1.29, 1.82) is 0 Å². The summed E-state index contributed by atoms with van der Waals surface area (Å²) in [5.41, 5.74) is 0.0737. The largest absolute Gasteiger partial charge is 0.486 e. The summed E-state index contributed by atoms with van der Waals surface area (Å²) in [5, 5.41) is 15.5. The molecule has 0 spiro atoms. The number of nitro groups is 1. The van der Waals surface area contributed by atoms with Gasteiger partial charge in [0.2, 0.25) is 0 Å². The van der Waals surface area contributed by atoms with Crippen molar-refractivity contribution < 1.29 is 28.4 Å². The van der Waals surface area contributed by atoms with Crippen LogP contribution in [0.3, 0.4) is 0 Å². The van der Waals surface area contributed by atoms with Gasteiger partial charge in [0, 0.05) is 17.0 Å². The number of hydrogen-bond donors (Lipinski definition) is 1. The molecule has 0 aliphatic heterocycles. The van der Waals surface area contributed by atoms with E-state index in [1.54, 1.807) is 5.38 Å². The van der Waals surface area contributed by atoms with E-state index in [1.165, 1.54) is 47.7 Å². The zero-order valence-electron chi connectivity index (χ0n) is 16.2. The minimum Gasteiger partial charge on any atom is -0.486 e. The molecule has 0 unspecified atom stereocenters. The first-order valence-corrected chi connectivity index (χ1v) is 10.3. The van der Waals surface area contributed by atoms with Crippen LogP contribution in [0.15, 0.2) is 47.8 Å². The Balaban J connectivity index is 1.43. The predicted octanol–water partition coefficient (Wildman–Crippen LogP) is 3.90. The number of nitrogens with one attached hydrogen (secondary N) is 1. The van der Waals surface area contributed by atoms with E-state index < -0.39 is 29.0 Å². The summed E-state index contributed by atoms with van der Waals surface area (Å²) in [7, 11) is 0. The molecule has 0 saturated heterocycles. The number of amides is 1. The number of halogens is 2. The normalized spacial score (nSPS) is 10.4. The lowest BCUT2D eigenvalue weighted by atomic mass is 10.2. The number of hydrogen-bond acceptors (Lipinski definition) is 8. The fourth-order valence-electron chi connectivity index (χ4n) is 2.41. The van der Waals surface area contributed by atoms with Crippen LogP contribution in [0.25, 0.3) is 0 Å². The quantitative estimate of drug-likeness (QED) is 0.280. The molecule has 2 aromatic carbocycles. The Morgan fingerprint density at radius 3 is 2.66 bits per heavy atom. The van der Waals surface area contributed by atoms with E-state index in [4.69, 9.17) is 21.1 Å². The van der Waals surface area contributed by atoms with Crippen molar-refractivity contribution in [2.24, 2.45) is 0 Å². The number of carbonyl (C=O) groups is 2. The first-order chi connectivity index (χ1) is 15.3. The molecule has 166 valence electrons. The van der Waals surface area contributed by atoms with Gasteiger partial charge < -0.3 is 14.8 Å². The van der Waals surface area contributed by atoms with Crippen molar-refractivity contribution in [3.8, 4) is 5.75 Å². The Morgan fingerprint density at radius 1 is 1.19 bits per heavy atom. The van der Waals surface area contributed by atoms with Gasteiger partial charge in [0.15, 0.2) is 0 Å². The van der Waals surface area contributed by atoms with Crippen molar-refractivity contribution in [3.05, 3.63) is 85.1 Å². The fraction of sp³-hybridized carbons (Fsp3) is 0.150. The fourth-order valence-corrected chi connectivity index (χ4v) is 3.29. The monoisotopic (exact) mass is 479 g/mol. The van der Waals surface area contributed by atoms with Gasteiger partial charge in [-0.3, -0.25) is 19.7 Å². The van der Waals surface area contributed by atoms with E-state index in [2.05, 4.69) is 10.3 Å². The highest BCUT2D eigenvalue weighted by Crippen LogP contribution is 2.25. The van der Waals surface area contributed by atoms with Gasteiger partial charge in [-0.2, -0.15) is 0 Å². The molecule has 0 saturated carbocycles. The van der Waals surface area contributed by atoms with Crippen LogP contribution < -0.4 is 10.1 Å². The Morgan fingerprint density at radius 2 is 1.94 bits per heavy atom. The van der Waals surface area contributed by atoms with Crippen LogP contribution >= 0.6 is 22.9 Å². The summed E-state index contributed by atoms with van der Waals surface area (Å²) in [4.78, 5) is 38.4. The van der Waals surface area contributed by atoms with E-state index in [0.29, 0.717) is 16.5 Å². The van der Waals surface area contributed by atoms with Gasteiger partial charge in [-0.15, -0.1) is 11.3 Å². The van der Waals surface area contributed by atoms with Crippen molar-refractivity contribution in [2.45, 2.75) is 13.2 Å². The number of nitro benzene ring substituents is 1. The van der Waals surface area contributed by atoms with Crippen molar-refractivity contribution >= 4 is 40.5 Å². The van der Waals surface area contributed by atoms with E-state index in [1.807, 2.05) is 0 Å². The Bertz CT molecular complexity index is 1140. The second-order valence-corrected chi connectivity index (χ2v) is 7.59. The minimum atomic E-state index is -0.709. The maximum Gasteiger partial charge on any atom is 0.325 e. The molecule has 1 heterocycles. The molecule has 0 atom stereocenters. The number of benzene rings is 2. The molecule has 9 nitrogen and oxygen atoms in total. The lowest BCUT2D eigenvalue weighted by Gasteiger charge is -2.06. The Labute approximate surface area is 189 Å². The number of carbonyl (C=O) groups excluding carboxylic acids is 2. The zero-order chi connectivity index (χ0) is 23.1. The van der Waals surface area contributed by atoms with Crippen molar-refractivity contribution in [2.75, 3.05) is 6.54 Å². The highest BCUT2D eigenvalue weighted by atomic mass is 35.5. The minimum absolute atomic E-state index is 0.0146. The third-order valence-electron chi connectivity index (χ3n) is 3.95. The second-order valence-electron chi connectivity index (χ2n) is 6.24. The molecule has 0 bridgehead atoms. The summed E-state index contributed by atoms with van der Waals surface area (Å²) >= 11 is 7.01. The highest BCUT2D eigenvalue weighted by Gasteiger charge is 2.17. The molecule has 12 heteroatoms. The molecule has 3 aromatic rings. The number of nitrogens with zero attached hydrogens (tertiary/aromatic N) is 2. The average molecular weight is 480 g/mol. The van der Waals surface area contributed by atoms with E-state index in [-0.39, 0.29) is 29.6 Å². The number of ether oxygens (including phenoxy) is 2. The lowest BCUT2D eigenvalue weighted by Crippen LogP contribution is -2.30. The molecule has 0 fully saturated rings. The summed E-state index contributed by atoms with van der Waals surface area (Å²) in [6.07, 6.45) is 0. The maximum absolute atomic E-state index is 12.9. The summed E-state index contributed by atoms with van der Waals surface area (Å²) in [6, 6.07) is 9.13. The number of thiazole rings is 1. The molecule has 1 aromatic heterocycles. The molecule has 0 aliphatic rings. The van der Waals surface area contributed by atoms with Crippen LogP contribution in [0.4, 0.5) is 10.1 Å². The molecule has 32 heavy (non-hydrogen) atoms. The first-order valence-electron chi connectivity index (χ1n) is 9.01. The van der Waals surface area contributed by atoms with E-state index in [0.717, 1.165) is 6.07 Å². The summed E-state index contributed by atoms with van der Waals surface area (Å²) in [5.74, 6) is -1.26. The Hall–Kier alpha value is -3.57. The lowest BCUT2D eigenvalue weighted by molar-refractivity contribution is -0.384. The van der Waals surface area contributed by atoms with Crippen LogP contribution in [0, 0.1) is 15.9 Å². The van der Waals surface area contributed by atoms with Crippen LogP contribution in [0.1, 0.15) is 21.1 Å². The van der Waals surface area contributed by atoms with E-state index in [9.17, 15) is 24.1 Å². The Kier molecular flexibility index (Phi) is 7.68. The van der Waals surface area contributed by atoms with Gasteiger partial charge in [-0.1, -0.05) is 11.6 Å². The molecule has 3 rings (SSSR count). The molecular formula is C20H15ClFN3O6S. The first kappa shape index (κ1) is 23.1. The smallest absolute Gasteiger partial charge is 0.325 e.